The highest BCUT2D eigenvalue weighted by Crippen LogP contribution is 2.33. The van der Waals surface area contributed by atoms with E-state index in [0.717, 1.165) is 11.1 Å². The average molecular weight is 435 g/mol. The smallest absolute Gasteiger partial charge is 0.281 e. The fraction of sp³-hybridized carbons (Fsp3) is 0.182. The Morgan fingerprint density at radius 3 is 2.78 bits per heavy atom. The zero-order valence-electron chi connectivity index (χ0n) is 17.5. The van der Waals surface area contributed by atoms with Gasteiger partial charge in [-0.1, -0.05) is 18.2 Å². The number of hydrogen-bond donors (Lipinski definition) is 3. The summed E-state index contributed by atoms with van der Waals surface area (Å²) in [6, 6.07) is 12.9. The van der Waals surface area contributed by atoms with Crippen LogP contribution in [0, 0.1) is 0 Å². The predicted molar refractivity (Wildman–Crippen MR) is 117 cm³/mol. The second-order valence-electron chi connectivity index (χ2n) is 6.71. The largest absolute Gasteiger partial charge is 0.493 e. The summed E-state index contributed by atoms with van der Waals surface area (Å²) in [5, 5.41) is 0. The van der Waals surface area contributed by atoms with E-state index in [1.807, 2.05) is 43.3 Å². The summed E-state index contributed by atoms with van der Waals surface area (Å²) in [7, 11) is 1.36. The van der Waals surface area contributed by atoms with E-state index in [-0.39, 0.29) is 12.2 Å². The fourth-order valence-corrected chi connectivity index (χ4v) is 3.20. The van der Waals surface area contributed by atoms with Crippen LogP contribution < -0.4 is 20.5 Å². The number of amides is 1. The van der Waals surface area contributed by atoms with Crippen molar-refractivity contribution in [3.05, 3.63) is 59.1 Å². The van der Waals surface area contributed by atoms with Gasteiger partial charge < -0.3 is 19.4 Å². The van der Waals surface area contributed by atoms with Gasteiger partial charge in [0.15, 0.2) is 17.8 Å². The Labute approximate surface area is 182 Å². The number of rotatable bonds is 8. The summed E-state index contributed by atoms with van der Waals surface area (Å²) in [6.45, 7) is 2.14. The number of carbonyl (C=O) groups is 1. The lowest BCUT2D eigenvalue weighted by atomic mass is 10.0. The molecule has 0 atom stereocenters. The van der Waals surface area contributed by atoms with Crippen LogP contribution in [0.1, 0.15) is 6.92 Å². The number of H-pyrrole nitrogens is 2. The molecule has 2 heterocycles. The molecule has 0 bridgehead atoms. The number of imidazole rings is 1. The maximum absolute atomic E-state index is 12.3. The molecular weight excluding hydrogens is 414 g/mol. The molecule has 2 aromatic heterocycles. The van der Waals surface area contributed by atoms with E-state index in [1.54, 1.807) is 6.07 Å². The van der Waals surface area contributed by atoms with Crippen molar-refractivity contribution >= 4 is 17.1 Å². The van der Waals surface area contributed by atoms with E-state index in [2.05, 4.69) is 30.3 Å². The van der Waals surface area contributed by atoms with Crippen LogP contribution in [-0.2, 0) is 9.63 Å². The molecule has 0 aliphatic rings. The molecule has 0 saturated carbocycles. The highest BCUT2D eigenvalue weighted by atomic mass is 16.6. The molecule has 10 nitrogen and oxygen atoms in total. The highest BCUT2D eigenvalue weighted by molar-refractivity contribution is 5.78. The number of nitrogens with zero attached hydrogens (tertiary/aromatic N) is 2. The van der Waals surface area contributed by atoms with Crippen LogP contribution in [0.25, 0.3) is 33.7 Å². The van der Waals surface area contributed by atoms with Gasteiger partial charge in [-0.25, -0.2) is 15.4 Å². The molecule has 4 aromatic rings. The van der Waals surface area contributed by atoms with Crippen molar-refractivity contribution in [3.63, 3.8) is 0 Å². The molecule has 10 heteroatoms. The third kappa shape index (κ3) is 4.44. The first kappa shape index (κ1) is 21.1. The Hall–Kier alpha value is -4.18. The molecule has 0 fully saturated rings. The number of aromatic amines is 2. The van der Waals surface area contributed by atoms with Crippen LogP contribution in [0.15, 0.2) is 53.6 Å². The van der Waals surface area contributed by atoms with E-state index >= 15 is 0 Å². The zero-order chi connectivity index (χ0) is 22.5. The number of nitrogens with one attached hydrogen (secondary N) is 3. The lowest BCUT2D eigenvalue weighted by Gasteiger charge is -2.13. The molecule has 3 N–H and O–H groups in total. The summed E-state index contributed by atoms with van der Waals surface area (Å²) >= 11 is 0. The van der Waals surface area contributed by atoms with Crippen molar-refractivity contribution in [2.24, 2.45) is 0 Å². The summed E-state index contributed by atoms with van der Waals surface area (Å²) in [5.41, 5.74) is 4.92. The minimum Gasteiger partial charge on any atom is -0.493 e. The fourth-order valence-electron chi connectivity index (χ4n) is 3.20. The van der Waals surface area contributed by atoms with Gasteiger partial charge in [0.2, 0.25) is 0 Å². The van der Waals surface area contributed by atoms with Gasteiger partial charge >= 0.3 is 0 Å². The monoisotopic (exact) mass is 435 g/mol. The molecule has 0 aliphatic carbocycles. The minimum atomic E-state index is -0.392. The van der Waals surface area contributed by atoms with Crippen molar-refractivity contribution in [1.82, 2.24) is 25.4 Å². The summed E-state index contributed by atoms with van der Waals surface area (Å²) in [4.78, 5) is 42.5. The normalized spacial score (nSPS) is 10.8. The lowest BCUT2D eigenvalue weighted by molar-refractivity contribution is -0.133. The molecule has 4 rings (SSSR count). The molecule has 32 heavy (non-hydrogen) atoms. The Kier molecular flexibility index (Phi) is 6.13. The Morgan fingerprint density at radius 1 is 1.12 bits per heavy atom. The van der Waals surface area contributed by atoms with Crippen LogP contribution in [0.3, 0.4) is 0 Å². The first-order chi connectivity index (χ1) is 15.6. The summed E-state index contributed by atoms with van der Waals surface area (Å²) in [6.07, 6.45) is 1.43. The van der Waals surface area contributed by atoms with E-state index in [1.165, 1.54) is 13.4 Å². The SMILES string of the molecule is CCOc1cc(-c2cccc(OCC(=O)NOC)c2)ccc1-c1nc2nc[nH]c2c(=O)[nH]1. The van der Waals surface area contributed by atoms with Crippen molar-refractivity contribution < 1.29 is 19.1 Å². The van der Waals surface area contributed by atoms with Crippen LogP contribution >= 0.6 is 0 Å². The predicted octanol–water partition coefficient (Wildman–Crippen LogP) is 2.44. The number of hydrogen-bond acceptors (Lipinski definition) is 7. The van der Waals surface area contributed by atoms with Gasteiger partial charge in [-0.2, -0.15) is 0 Å². The van der Waals surface area contributed by atoms with Gasteiger partial charge in [-0.05, 0) is 42.3 Å². The standard InChI is InChI=1S/C22H21N5O5/c1-3-31-17-10-14(13-5-4-6-15(9-13)32-11-18(28)27-30-2)7-8-16(17)20-25-21-19(22(29)26-20)23-12-24-21/h4-10,12H,3,11H2,1-2H3,(H,27,28)(H2,23,24,25,26,29). The molecule has 164 valence electrons. The second kappa shape index (κ2) is 9.31. The molecular formula is C22H21N5O5. The molecule has 2 aromatic carbocycles. The van der Waals surface area contributed by atoms with Crippen molar-refractivity contribution in [3.8, 4) is 34.0 Å². The second-order valence-corrected chi connectivity index (χ2v) is 6.71. The van der Waals surface area contributed by atoms with E-state index in [4.69, 9.17) is 9.47 Å². The number of ether oxygens (including phenoxy) is 2. The topological polar surface area (TPSA) is 131 Å². The quantitative estimate of drug-likeness (QED) is 0.362. The van der Waals surface area contributed by atoms with E-state index < -0.39 is 5.91 Å². The molecule has 1 amide bonds. The maximum Gasteiger partial charge on any atom is 0.281 e. The van der Waals surface area contributed by atoms with Crippen LogP contribution in [0.5, 0.6) is 11.5 Å². The molecule has 0 aliphatic heterocycles. The van der Waals surface area contributed by atoms with Crippen LogP contribution in [0.2, 0.25) is 0 Å². The lowest BCUT2D eigenvalue weighted by Crippen LogP contribution is -2.27. The number of carbonyl (C=O) groups excluding carboxylic acids is 1. The van der Waals surface area contributed by atoms with Gasteiger partial charge in [0.1, 0.15) is 17.3 Å². The van der Waals surface area contributed by atoms with Gasteiger partial charge in [0.25, 0.3) is 11.5 Å². The summed E-state index contributed by atoms with van der Waals surface area (Å²) < 4.78 is 11.4. The van der Waals surface area contributed by atoms with E-state index in [9.17, 15) is 9.59 Å². The van der Waals surface area contributed by atoms with Crippen LogP contribution in [-0.4, -0.2) is 46.2 Å². The molecule has 0 spiro atoms. The van der Waals surface area contributed by atoms with Gasteiger partial charge in [-0.15, -0.1) is 0 Å². The first-order valence-electron chi connectivity index (χ1n) is 9.84. The van der Waals surface area contributed by atoms with Crippen molar-refractivity contribution in [2.75, 3.05) is 20.3 Å². The van der Waals surface area contributed by atoms with E-state index in [0.29, 0.717) is 40.7 Å². The highest BCUT2D eigenvalue weighted by Gasteiger charge is 2.14. The molecule has 0 saturated heterocycles. The van der Waals surface area contributed by atoms with Crippen LogP contribution in [0.4, 0.5) is 0 Å². The van der Waals surface area contributed by atoms with Crippen molar-refractivity contribution in [2.45, 2.75) is 6.92 Å². The Morgan fingerprint density at radius 2 is 1.97 bits per heavy atom. The number of benzene rings is 2. The van der Waals surface area contributed by atoms with Gasteiger partial charge in [0, 0.05) is 0 Å². The molecule has 0 radical (unpaired) electrons. The number of fused-ring (bicyclic) bond motifs is 1. The van der Waals surface area contributed by atoms with Crippen molar-refractivity contribution in [1.29, 1.82) is 0 Å². The van der Waals surface area contributed by atoms with Gasteiger partial charge in [0.05, 0.1) is 25.6 Å². The van der Waals surface area contributed by atoms with Gasteiger partial charge in [-0.3, -0.25) is 14.4 Å². The molecule has 0 unspecified atom stereocenters. The Bertz CT molecular complexity index is 1310. The first-order valence-corrected chi connectivity index (χ1v) is 9.84. The average Bonchev–Trinajstić information content (AvgIpc) is 3.28. The maximum atomic E-state index is 12.3. The zero-order valence-corrected chi connectivity index (χ0v) is 17.5. The number of aromatic nitrogens is 4. The third-order valence-electron chi connectivity index (χ3n) is 4.59. The minimum absolute atomic E-state index is 0.172. The Balaban J connectivity index is 1.66. The summed E-state index contributed by atoms with van der Waals surface area (Å²) in [5.74, 6) is 1.07. The third-order valence-corrected chi connectivity index (χ3v) is 4.59. The number of hydroxylamine groups is 1.